The molecule has 0 aromatic heterocycles. The minimum absolute atomic E-state index is 0.998. The first-order chi connectivity index (χ1) is 9.81. The van der Waals surface area contributed by atoms with Gasteiger partial charge < -0.3 is 0 Å². The van der Waals surface area contributed by atoms with Crippen LogP contribution in [-0.2, 0) is 0 Å². The fourth-order valence-electron chi connectivity index (χ4n) is 5.01. The van der Waals surface area contributed by atoms with Crippen molar-refractivity contribution in [3.63, 3.8) is 0 Å². The normalized spacial score (nSPS) is 25.5. The predicted octanol–water partition coefficient (Wildman–Crippen LogP) is 6.98. The van der Waals surface area contributed by atoms with Crippen molar-refractivity contribution in [3.8, 4) is 0 Å². The zero-order chi connectivity index (χ0) is 14.2. The van der Waals surface area contributed by atoms with Crippen molar-refractivity contribution in [3.05, 3.63) is 0 Å². The van der Waals surface area contributed by atoms with Gasteiger partial charge in [0.15, 0.2) is 0 Å². The van der Waals surface area contributed by atoms with Crippen LogP contribution in [0.15, 0.2) is 0 Å². The Morgan fingerprint density at radius 2 is 1.25 bits per heavy atom. The fourth-order valence-corrected chi connectivity index (χ4v) is 5.01. The minimum Gasteiger partial charge on any atom is -0.0654 e. The van der Waals surface area contributed by atoms with Gasteiger partial charge >= 0.3 is 0 Å². The maximum Gasteiger partial charge on any atom is -0.0386 e. The van der Waals surface area contributed by atoms with E-state index in [1.807, 2.05) is 0 Å². The van der Waals surface area contributed by atoms with Gasteiger partial charge in [0, 0.05) is 0 Å². The van der Waals surface area contributed by atoms with Crippen molar-refractivity contribution >= 4 is 0 Å². The molecule has 0 heterocycles. The molecular weight excluding hydrogens is 240 g/mol. The Bertz CT molecular complexity index is 232. The van der Waals surface area contributed by atoms with Crippen molar-refractivity contribution in [2.75, 3.05) is 0 Å². The van der Waals surface area contributed by atoms with Crippen molar-refractivity contribution < 1.29 is 0 Å². The molecule has 0 heteroatoms. The summed E-state index contributed by atoms with van der Waals surface area (Å²) in [6, 6.07) is 0. The van der Waals surface area contributed by atoms with E-state index < -0.39 is 0 Å². The zero-order valence-electron chi connectivity index (χ0n) is 14.2. The van der Waals surface area contributed by atoms with Crippen LogP contribution in [0.4, 0.5) is 0 Å². The molecule has 0 aromatic carbocycles. The van der Waals surface area contributed by atoms with E-state index in [9.17, 15) is 0 Å². The van der Waals surface area contributed by atoms with Crippen molar-refractivity contribution in [2.45, 2.75) is 104 Å². The van der Waals surface area contributed by atoms with E-state index in [2.05, 4.69) is 13.8 Å². The maximum atomic E-state index is 2.56. The summed E-state index contributed by atoms with van der Waals surface area (Å²) in [5, 5.41) is 0. The summed E-state index contributed by atoms with van der Waals surface area (Å²) in [4.78, 5) is 0. The molecule has 2 rings (SSSR count). The molecule has 2 atom stereocenters. The molecular formula is C20H38. The van der Waals surface area contributed by atoms with Gasteiger partial charge in [-0.25, -0.2) is 0 Å². The summed E-state index contributed by atoms with van der Waals surface area (Å²) < 4.78 is 0. The third kappa shape index (κ3) is 5.08. The van der Waals surface area contributed by atoms with Gasteiger partial charge in [0.1, 0.15) is 0 Å². The van der Waals surface area contributed by atoms with Gasteiger partial charge in [0.05, 0.1) is 0 Å². The van der Waals surface area contributed by atoms with Crippen LogP contribution in [0.3, 0.4) is 0 Å². The SMILES string of the molecule is CCCC(CCC(C)C1CCCCC1)C1CCCCC1. The van der Waals surface area contributed by atoms with Crippen LogP contribution in [0.1, 0.15) is 104 Å². The molecule has 0 saturated heterocycles. The van der Waals surface area contributed by atoms with E-state index in [0.717, 1.165) is 23.7 Å². The highest BCUT2D eigenvalue weighted by atomic mass is 14.3. The van der Waals surface area contributed by atoms with Crippen LogP contribution in [-0.4, -0.2) is 0 Å². The molecule has 2 aliphatic rings. The molecule has 20 heavy (non-hydrogen) atoms. The van der Waals surface area contributed by atoms with Gasteiger partial charge in [-0.3, -0.25) is 0 Å². The Balaban J connectivity index is 1.75. The highest BCUT2D eigenvalue weighted by Gasteiger charge is 2.25. The standard InChI is InChI=1S/C20H38/c1-3-10-19(20-13-8-5-9-14-20)16-15-17(2)18-11-6-4-7-12-18/h17-20H,3-16H2,1-2H3. The third-order valence-corrected chi connectivity index (χ3v) is 6.42. The van der Waals surface area contributed by atoms with Crippen molar-refractivity contribution in [2.24, 2.45) is 23.7 Å². The molecule has 2 saturated carbocycles. The minimum atomic E-state index is 0.998. The van der Waals surface area contributed by atoms with E-state index in [-0.39, 0.29) is 0 Å². The van der Waals surface area contributed by atoms with Crippen molar-refractivity contribution in [1.29, 1.82) is 0 Å². The second kappa shape index (κ2) is 9.11. The van der Waals surface area contributed by atoms with Crippen LogP contribution in [0.25, 0.3) is 0 Å². The maximum absolute atomic E-state index is 2.56. The van der Waals surface area contributed by atoms with Gasteiger partial charge in [-0.05, 0) is 30.1 Å². The lowest BCUT2D eigenvalue weighted by molar-refractivity contribution is 0.188. The van der Waals surface area contributed by atoms with E-state index >= 15 is 0 Å². The molecule has 118 valence electrons. The summed E-state index contributed by atoms with van der Waals surface area (Å²) in [6.07, 6.45) is 21.2. The Morgan fingerprint density at radius 1 is 0.700 bits per heavy atom. The van der Waals surface area contributed by atoms with Crippen LogP contribution < -0.4 is 0 Å². The molecule has 0 radical (unpaired) electrons. The Morgan fingerprint density at radius 3 is 1.80 bits per heavy atom. The Labute approximate surface area is 128 Å². The summed E-state index contributed by atoms with van der Waals surface area (Å²) in [7, 11) is 0. The smallest absolute Gasteiger partial charge is 0.0386 e. The van der Waals surface area contributed by atoms with Gasteiger partial charge in [-0.1, -0.05) is 97.3 Å². The first kappa shape index (κ1) is 16.4. The van der Waals surface area contributed by atoms with E-state index in [1.165, 1.54) is 77.0 Å². The second-order valence-electron chi connectivity index (χ2n) is 7.90. The Hall–Kier alpha value is 0. The quantitative estimate of drug-likeness (QED) is 0.471. The molecule has 0 spiro atoms. The Kier molecular flexibility index (Phi) is 7.45. The van der Waals surface area contributed by atoms with Crippen LogP contribution in [0.5, 0.6) is 0 Å². The van der Waals surface area contributed by atoms with Gasteiger partial charge in [-0.2, -0.15) is 0 Å². The average Bonchev–Trinajstić information content (AvgIpc) is 2.53. The number of hydrogen-bond acceptors (Lipinski definition) is 0. The summed E-state index contributed by atoms with van der Waals surface area (Å²) in [6.45, 7) is 4.94. The topological polar surface area (TPSA) is 0 Å². The van der Waals surface area contributed by atoms with E-state index in [4.69, 9.17) is 0 Å². The lowest BCUT2D eigenvalue weighted by atomic mass is 9.73. The first-order valence-corrected chi connectivity index (χ1v) is 9.81. The molecule has 2 aliphatic carbocycles. The van der Waals surface area contributed by atoms with Gasteiger partial charge in [0.25, 0.3) is 0 Å². The van der Waals surface area contributed by atoms with E-state index in [1.54, 1.807) is 12.8 Å². The largest absolute Gasteiger partial charge is 0.0654 e. The third-order valence-electron chi connectivity index (χ3n) is 6.42. The molecule has 2 unspecified atom stereocenters. The van der Waals surface area contributed by atoms with Crippen LogP contribution in [0, 0.1) is 23.7 Å². The highest BCUT2D eigenvalue weighted by molar-refractivity contribution is 4.77. The monoisotopic (exact) mass is 278 g/mol. The van der Waals surface area contributed by atoms with E-state index in [0.29, 0.717) is 0 Å². The van der Waals surface area contributed by atoms with Crippen molar-refractivity contribution in [1.82, 2.24) is 0 Å². The molecule has 0 aliphatic heterocycles. The molecule has 0 N–H and O–H groups in total. The fraction of sp³-hybridized carbons (Fsp3) is 1.00. The predicted molar refractivity (Wildman–Crippen MR) is 89.9 cm³/mol. The molecule has 0 amide bonds. The number of hydrogen-bond donors (Lipinski definition) is 0. The summed E-state index contributed by atoms with van der Waals surface area (Å²) in [5.41, 5.74) is 0. The lowest BCUT2D eigenvalue weighted by Gasteiger charge is -2.33. The summed E-state index contributed by atoms with van der Waals surface area (Å²) >= 11 is 0. The second-order valence-corrected chi connectivity index (χ2v) is 7.90. The number of rotatable bonds is 7. The van der Waals surface area contributed by atoms with Crippen LogP contribution >= 0.6 is 0 Å². The average molecular weight is 279 g/mol. The lowest BCUT2D eigenvalue weighted by Crippen LogP contribution is -2.21. The molecule has 2 fully saturated rings. The van der Waals surface area contributed by atoms with Gasteiger partial charge in [0.2, 0.25) is 0 Å². The first-order valence-electron chi connectivity index (χ1n) is 9.81. The highest BCUT2D eigenvalue weighted by Crippen LogP contribution is 2.38. The van der Waals surface area contributed by atoms with Gasteiger partial charge in [-0.15, -0.1) is 0 Å². The zero-order valence-corrected chi connectivity index (χ0v) is 14.2. The summed E-state index contributed by atoms with van der Waals surface area (Å²) in [5.74, 6) is 4.21. The molecule has 0 bridgehead atoms. The van der Waals surface area contributed by atoms with Crippen LogP contribution in [0.2, 0.25) is 0 Å². The molecule has 0 nitrogen and oxygen atoms in total. The molecule has 0 aromatic rings.